The van der Waals surface area contributed by atoms with Crippen LogP contribution in [0, 0.1) is 0 Å². The van der Waals surface area contributed by atoms with Gasteiger partial charge in [0, 0.05) is 18.0 Å². The number of hydrogen-bond acceptors (Lipinski definition) is 2. The van der Waals surface area contributed by atoms with Crippen LogP contribution in [0.4, 0.5) is 5.69 Å². The summed E-state index contributed by atoms with van der Waals surface area (Å²) in [6, 6.07) is 9.81. The van der Waals surface area contributed by atoms with E-state index in [1.807, 2.05) is 37.3 Å². The van der Waals surface area contributed by atoms with Gasteiger partial charge in [-0.3, -0.25) is 4.98 Å². The number of pyridine rings is 1. The molecule has 76 valence electrons. The smallest absolute Gasteiger partial charge is 0.0993 e. The van der Waals surface area contributed by atoms with Crippen molar-refractivity contribution in [2.24, 2.45) is 10.7 Å². The fraction of sp³-hybridized carbons (Fsp3) is 0.167. The van der Waals surface area contributed by atoms with E-state index in [-0.39, 0.29) is 0 Å². The monoisotopic (exact) mass is 199 g/mol. The third kappa shape index (κ3) is 2.13. The summed E-state index contributed by atoms with van der Waals surface area (Å²) >= 11 is 0. The van der Waals surface area contributed by atoms with Crippen molar-refractivity contribution in [1.82, 2.24) is 4.98 Å². The molecule has 0 fully saturated rings. The molecule has 0 spiro atoms. The molecular weight excluding hydrogens is 186 g/mol. The molecule has 0 atom stereocenters. The molecule has 0 amide bonds. The molecule has 0 saturated heterocycles. The lowest BCUT2D eigenvalue weighted by molar-refractivity contribution is 1.24. The van der Waals surface area contributed by atoms with Crippen molar-refractivity contribution in [3.8, 4) is 0 Å². The number of aliphatic imine (C=N–C) groups is 1. The van der Waals surface area contributed by atoms with Gasteiger partial charge in [-0.05, 0) is 24.3 Å². The molecule has 1 aromatic heterocycles. The third-order valence-electron chi connectivity index (χ3n) is 2.22. The van der Waals surface area contributed by atoms with Gasteiger partial charge in [0.2, 0.25) is 0 Å². The van der Waals surface area contributed by atoms with E-state index in [0.29, 0.717) is 5.84 Å². The molecule has 0 unspecified atom stereocenters. The lowest BCUT2D eigenvalue weighted by Crippen LogP contribution is -2.08. The van der Waals surface area contributed by atoms with Crippen LogP contribution >= 0.6 is 0 Å². The summed E-state index contributed by atoms with van der Waals surface area (Å²) in [7, 11) is 0. The number of fused-ring (bicyclic) bond motifs is 1. The SMILES string of the molecule is CCC(N)=Nc1ccc2ncccc2c1. The molecule has 0 radical (unpaired) electrons. The second-order valence-electron chi connectivity index (χ2n) is 3.34. The first kappa shape index (κ1) is 9.65. The minimum absolute atomic E-state index is 0.651. The molecule has 2 N–H and O–H groups in total. The molecule has 15 heavy (non-hydrogen) atoms. The summed E-state index contributed by atoms with van der Waals surface area (Å²) in [6.45, 7) is 1.99. The molecular formula is C12H13N3. The Balaban J connectivity index is 2.47. The minimum atomic E-state index is 0.651. The van der Waals surface area contributed by atoms with E-state index in [1.54, 1.807) is 6.20 Å². The van der Waals surface area contributed by atoms with E-state index in [1.165, 1.54) is 0 Å². The van der Waals surface area contributed by atoms with Gasteiger partial charge >= 0.3 is 0 Å². The van der Waals surface area contributed by atoms with Crippen LogP contribution in [0.1, 0.15) is 13.3 Å². The standard InChI is InChI=1S/C12H13N3/c1-2-12(13)15-10-5-6-11-9(8-10)4-3-7-14-11/h3-8H,2H2,1H3,(H2,13,15). The van der Waals surface area contributed by atoms with Crippen LogP contribution in [0.3, 0.4) is 0 Å². The molecule has 2 aromatic rings. The first-order valence-electron chi connectivity index (χ1n) is 4.97. The van der Waals surface area contributed by atoms with E-state index in [4.69, 9.17) is 5.73 Å². The zero-order valence-corrected chi connectivity index (χ0v) is 8.64. The number of nitrogens with zero attached hydrogens (tertiary/aromatic N) is 2. The second kappa shape index (κ2) is 4.09. The average Bonchev–Trinajstić information content (AvgIpc) is 2.29. The highest BCUT2D eigenvalue weighted by Gasteiger charge is 1.95. The molecule has 3 nitrogen and oxygen atoms in total. The van der Waals surface area contributed by atoms with Crippen molar-refractivity contribution in [3.63, 3.8) is 0 Å². The number of benzene rings is 1. The predicted molar refractivity (Wildman–Crippen MR) is 63.3 cm³/mol. The number of amidine groups is 1. The summed E-state index contributed by atoms with van der Waals surface area (Å²) in [6.07, 6.45) is 2.55. The van der Waals surface area contributed by atoms with Gasteiger partial charge in [0.05, 0.1) is 17.0 Å². The molecule has 1 aromatic carbocycles. The second-order valence-corrected chi connectivity index (χ2v) is 3.34. The van der Waals surface area contributed by atoms with Crippen molar-refractivity contribution in [3.05, 3.63) is 36.5 Å². The summed E-state index contributed by atoms with van der Waals surface area (Å²) in [5, 5.41) is 1.09. The third-order valence-corrected chi connectivity index (χ3v) is 2.22. The van der Waals surface area contributed by atoms with Gasteiger partial charge in [0.25, 0.3) is 0 Å². The van der Waals surface area contributed by atoms with Gasteiger partial charge in [0.1, 0.15) is 0 Å². The molecule has 0 saturated carbocycles. The summed E-state index contributed by atoms with van der Waals surface area (Å²) < 4.78 is 0. The Bertz CT molecular complexity index is 503. The molecule has 0 bridgehead atoms. The average molecular weight is 199 g/mol. The number of rotatable bonds is 2. The molecule has 0 aliphatic rings. The van der Waals surface area contributed by atoms with Gasteiger partial charge < -0.3 is 5.73 Å². The van der Waals surface area contributed by atoms with E-state index < -0.39 is 0 Å². The topological polar surface area (TPSA) is 51.3 Å². The lowest BCUT2D eigenvalue weighted by Gasteiger charge is -1.99. The zero-order chi connectivity index (χ0) is 10.7. The molecule has 2 rings (SSSR count). The van der Waals surface area contributed by atoms with E-state index in [2.05, 4.69) is 9.98 Å². The highest BCUT2D eigenvalue weighted by Crippen LogP contribution is 2.19. The summed E-state index contributed by atoms with van der Waals surface area (Å²) in [5.41, 5.74) is 7.55. The highest BCUT2D eigenvalue weighted by atomic mass is 14.8. The van der Waals surface area contributed by atoms with E-state index in [9.17, 15) is 0 Å². The Hall–Kier alpha value is -1.90. The van der Waals surface area contributed by atoms with Crippen molar-refractivity contribution in [2.75, 3.05) is 0 Å². The number of hydrogen-bond donors (Lipinski definition) is 1. The van der Waals surface area contributed by atoms with Crippen LogP contribution < -0.4 is 5.73 Å². The Kier molecular flexibility index (Phi) is 2.63. The first-order valence-corrected chi connectivity index (χ1v) is 4.97. The summed E-state index contributed by atoms with van der Waals surface area (Å²) in [4.78, 5) is 8.54. The van der Waals surface area contributed by atoms with Crippen molar-refractivity contribution < 1.29 is 0 Å². The van der Waals surface area contributed by atoms with Gasteiger partial charge in [-0.1, -0.05) is 13.0 Å². The molecule has 0 aliphatic carbocycles. The largest absolute Gasteiger partial charge is 0.387 e. The number of aromatic nitrogens is 1. The Morgan fingerprint density at radius 3 is 3.07 bits per heavy atom. The highest BCUT2D eigenvalue weighted by molar-refractivity contribution is 5.86. The zero-order valence-electron chi connectivity index (χ0n) is 8.64. The van der Waals surface area contributed by atoms with Gasteiger partial charge in [0.15, 0.2) is 0 Å². The van der Waals surface area contributed by atoms with Crippen molar-refractivity contribution in [2.45, 2.75) is 13.3 Å². The Morgan fingerprint density at radius 2 is 2.27 bits per heavy atom. The maximum Gasteiger partial charge on any atom is 0.0993 e. The van der Waals surface area contributed by atoms with Crippen LogP contribution in [0.2, 0.25) is 0 Å². The van der Waals surface area contributed by atoms with Gasteiger partial charge in [-0.2, -0.15) is 0 Å². The van der Waals surface area contributed by atoms with Gasteiger partial charge in [-0.25, -0.2) is 4.99 Å². The lowest BCUT2D eigenvalue weighted by atomic mass is 10.2. The van der Waals surface area contributed by atoms with Crippen LogP contribution in [0.15, 0.2) is 41.5 Å². The fourth-order valence-corrected chi connectivity index (χ4v) is 1.38. The van der Waals surface area contributed by atoms with E-state index in [0.717, 1.165) is 23.0 Å². The van der Waals surface area contributed by atoms with Crippen molar-refractivity contribution >= 4 is 22.4 Å². The molecule has 0 aliphatic heterocycles. The minimum Gasteiger partial charge on any atom is -0.387 e. The first-order chi connectivity index (χ1) is 7.29. The predicted octanol–water partition coefficient (Wildman–Crippen LogP) is 2.63. The van der Waals surface area contributed by atoms with Gasteiger partial charge in [-0.15, -0.1) is 0 Å². The van der Waals surface area contributed by atoms with Crippen LogP contribution in [-0.4, -0.2) is 10.8 Å². The van der Waals surface area contributed by atoms with E-state index >= 15 is 0 Å². The van der Waals surface area contributed by atoms with Crippen LogP contribution in [0.5, 0.6) is 0 Å². The number of nitrogens with two attached hydrogens (primary N) is 1. The quantitative estimate of drug-likeness (QED) is 0.597. The fourth-order valence-electron chi connectivity index (χ4n) is 1.38. The maximum atomic E-state index is 5.68. The summed E-state index contributed by atoms with van der Waals surface area (Å²) in [5.74, 6) is 0.651. The molecule has 3 heteroatoms. The van der Waals surface area contributed by atoms with Crippen molar-refractivity contribution in [1.29, 1.82) is 0 Å². The van der Waals surface area contributed by atoms with Crippen LogP contribution in [-0.2, 0) is 0 Å². The van der Waals surface area contributed by atoms with Crippen LogP contribution in [0.25, 0.3) is 10.9 Å². The maximum absolute atomic E-state index is 5.68. The Morgan fingerprint density at radius 1 is 1.40 bits per heavy atom. The normalized spacial score (nSPS) is 11.9. The molecule has 1 heterocycles. The Labute approximate surface area is 88.7 Å².